The number of carboxylic acids is 1. The first kappa shape index (κ1) is 19.5. The van der Waals surface area contributed by atoms with Gasteiger partial charge in [-0.2, -0.15) is 0 Å². The summed E-state index contributed by atoms with van der Waals surface area (Å²) in [6, 6.07) is 14.2. The standard InChI is InChI=1S/C23H20BrNO4/c1-23(2)11-19-16(21(27)12-23)10-18(13-3-5-14(24)6-4-13)25(19)15-7-8-20(26)17(9-15)22(28)29/h3-10,26H,11-12H2,1-2H3,(H,28,29). The molecule has 0 spiro atoms. The van der Waals surface area contributed by atoms with Gasteiger partial charge in [-0.25, -0.2) is 4.79 Å². The number of aromatic carboxylic acids is 1. The van der Waals surface area contributed by atoms with Crippen molar-refractivity contribution in [1.29, 1.82) is 0 Å². The zero-order chi connectivity index (χ0) is 20.9. The zero-order valence-electron chi connectivity index (χ0n) is 16.1. The van der Waals surface area contributed by atoms with Crippen molar-refractivity contribution in [3.63, 3.8) is 0 Å². The molecule has 1 heterocycles. The number of fused-ring (bicyclic) bond motifs is 1. The van der Waals surface area contributed by atoms with Crippen LogP contribution < -0.4 is 0 Å². The van der Waals surface area contributed by atoms with Gasteiger partial charge in [-0.1, -0.05) is 41.9 Å². The highest BCUT2D eigenvalue weighted by atomic mass is 79.9. The lowest BCUT2D eigenvalue weighted by molar-refractivity contribution is 0.0693. The van der Waals surface area contributed by atoms with Crippen molar-refractivity contribution in [3.8, 4) is 22.7 Å². The topological polar surface area (TPSA) is 79.5 Å². The molecule has 0 atom stereocenters. The van der Waals surface area contributed by atoms with E-state index in [4.69, 9.17) is 0 Å². The van der Waals surface area contributed by atoms with Gasteiger partial charge in [0.2, 0.25) is 0 Å². The van der Waals surface area contributed by atoms with E-state index in [1.807, 2.05) is 34.9 Å². The Kier molecular flexibility index (Phi) is 4.62. The lowest BCUT2D eigenvalue weighted by Gasteiger charge is -2.30. The molecule has 29 heavy (non-hydrogen) atoms. The van der Waals surface area contributed by atoms with Crippen LogP contribution in [0.1, 0.15) is 46.7 Å². The Hall–Kier alpha value is -2.86. The first-order valence-electron chi connectivity index (χ1n) is 9.27. The average Bonchev–Trinajstić information content (AvgIpc) is 3.01. The molecule has 0 amide bonds. The van der Waals surface area contributed by atoms with Crippen molar-refractivity contribution in [2.45, 2.75) is 26.7 Å². The number of benzene rings is 2. The van der Waals surface area contributed by atoms with E-state index in [9.17, 15) is 19.8 Å². The maximum atomic E-state index is 12.9. The van der Waals surface area contributed by atoms with E-state index in [0.29, 0.717) is 24.1 Å². The number of rotatable bonds is 3. The van der Waals surface area contributed by atoms with Gasteiger partial charge in [-0.05, 0) is 53.8 Å². The normalized spacial score (nSPS) is 15.2. The largest absolute Gasteiger partial charge is 0.507 e. The quantitative estimate of drug-likeness (QED) is 0.551. The van der Waals surface area contributed by atoms with Crippen LogP contribution in [-0.4, -0.2) is 26.5 Å². The van der Waals surface area contributed by atoms with Crippen LogP contribution in [0, 0.1) is 5.41 Å². The van der Waals surface area contributed by atoms with Gasteiger partial charge in [0.05, 0.1) is 5.69 Å². The molecule has 0 fully saturated rings. The number of phenols is 1. The third-order valence-corrected chi connectivity index (χ3v) is 5.83. The molecule has 4 rings (SSSR count). The Balaban J connectivity index is 2.01. The number of ketones is 1. The second-order valence-corrected chi connectivity index (χ2v) is 9.10. The molecule has 0 bridgehead atoms. The number of hydrogen-bond acceptors (Lipinski definition) is 3. The second-order valence-electron chi connectivity index (χ2n) is 8.18. The molecule has 3 aromatic rings. The van der Waals surface area contributed by atoms with E-state index in [1.54, 1.807) is 6.07 Å². The number of halogens is 1. The van der Waals surface area contributed by atoms with Crippen molar-refractivity contribution in [1.82, 2.24) is 4.57 Å². The Morgan fingerprint density at radius 2 is 1.76 bits per heavy atom. The summed E-state index contributed by atoms with van der Waals surface area (Å²) in [5, 5.41) is 19.4. The predicted octanol–water partition coefficient (Wildman–Crippen LogP) is 5.47. The Morgan fingerprint density at radius 3 is 2.41 bits per heavy atom. The number of aromatic nitrogens is 1. The predicted molar refractivity (Wildman–Crippen MR) is 114 cm³/mol. The molecule has 1 aliphatic carbocycles. The molecular weight excluding hydrogens is 434 g/mol. The number of carbonyl (C=O) groups excluding carboxylic acids is 1. The first-order chi connectivity index (χ1) is 13.7. The lowest BCUT2D eigenvalue weighted by atomic mass is 9.76. The van der Waals surface area contributed by atoms with Gasteiger partial charge in [0.15, 0.2) is 5.78 Å². The Labute approximate surface area is 176 Å². The third kappa shape index (κ3) is 3.49. The third-order valence-electron chi connectivity index (χ3n) is 5.30. The van der Waals surface area contributed by atoms with Gasteiger partial charge in [0.25, 0.3) is 0 Å². The van der Waals surface area contributed by atoms with E-state index in [0.717, 1.165) is 21.4 Å². The maximum absolute atomic E-state index is 12.9. The van der Waals surface area contributed by atoms with Crippen LogP contribution in [-0.2, 0) is 6.42 Å². The summed E-state index contributed by atoms with van der Waals surface area (Å²) < 4.78 is 2.89. The number of hydrogen-bond donors (Lipinski definition) is 2. The molecule has 0 unspecified atom stereocenters. The Morgan fingerprint density at radius 1 is 1.07 bits per heavy atom. The smallest absolute Gasteiger partial charge is 0.339 e. The van der Waals surface area contributed by atoms with Crippen molar-refractivity contribution in [2.75, 3.05) is 0 Å². The van der Waals surface area contributed by atoms with Crippen molar-refractivity contribution in [3.05, 3.63) is 69.8 Å². The maximum Gasteiger partial charge on any atom is 0.339 e. The van der Waals surface area contributed by atoms with Crippen LogP contribution in [0.4, 0.5) is 0 Å². The van der Waals surface area contributed by atoms with Crippen molar-refractivity contribution >= 4 is 27.7 Å². The number of Topliss-reactive ketones (excluding diaryl/α,β-unsaturated/α-hetero) is 1. The molecule has 0 radical (unpaired) electrons. The number of nitrogens with zero attached hydrogens (tertiary/aromatic N) is 1. The Bertz CT molecular complexity index is 1140. The number of aromatic hydroxyl groups is 1. The summed E-state index contributed by atoms with van der Waals surface area (Å²) in [6.45, 7) is 4.12. The van der Waals surface area contributed by atoms with Crippen LogP contribution in [0.3, 0.4) is 0 Å². The molecule has 0 saturated carbocycles. The zero-order valence-corrected chi connectivity index (χ0v) is 17.7. The first-order valence-corrected chi connectivity index (χ1v) is 10.1. The summed E-state index contributed by atoms with van der Waals surface area (Å²) in [5.41, 5.74) is 3.51. The molecule has 2 aromatic carbocycles. The van der Waals surface area contributed by atoms with E-state index < -0.39 is 5.97 Å². The molecule has 5 nitrogen and oxygen atoms in total. The molecule has 0 aliphatic heterocycles. The van der Waals surface area contributed by atoms with Gasteiger partial charge in [-0.15, -0.1) is 0 Å². The van der Waals surface area contributed by atoms with Gasteiger partial charge in [0.1, 0.15) is 11.3 Å². The van der Waals surface area contributed by atoms with Crippen LogP contribution in [0.15, 0.2) is 53.0 Å². The summed E-state index contributed by atoms with van der Waals surface area (Å²) in [4.78, 5) is 24.4. The monoisotopic (exact) mass is 453 g/mol. The molecule has 1 aromatic heterocycles. The fourth-order valence-electron chi connectivity index (χ4n) is 3.97. The van der Waals surface area contributed by atoms with Gasteiger partial charge in [0, 0.05) is 27.8 Å². The average molecular weight is 454 g/mol. The molecule has 148 valence electrons. The molecular formula is C23H20BrNO4. The minimum Gasteiger partial charge on any atom is -0.507 e. The minimum atomic E-state index is -1.20. The van der Waals surface area contributed by atoms with Gasteiger partial charge >= 0.3 is 5.97 Å². The van der Waals surface area contributed by atoms with Crippen molar-refractivity contribution in [2.24, 2.45) is 5.41 Å². The molecule has 0 saturated heterocycles. The second kappa shape index (κ2) is 6.88. The number of carboxylic acid groups (broad SMARTS) is 1. The lowest BCUT2D eigenvalue weighted by Crippen LogP contribution is -2.27. The highest BCUT2D eigenvalue weighted by molar-refractivity contribution is 9.10. The summed E-state index contributed by atoms with van der Waals surface area (Å²) in [5.74, 6) is -1.40. The SMILES string of the molecule is CC1(C)CC(=O)c2cc(-c3ccc(Br)cc3)n(-c3ccc(O)c(C(=O)O)c3)c2C1. The highest BCUT2D eigenvalue weighted by Crippen LogP contribution is 2.40. The van der Waals surface area contributed by atoms with E-state index in [1.165, 1.54) is 12.1 Å². The minimum absolute atomic E-state index is 0.0885. The van der Waals surface area contributed by atoms with Crippen molar-refractivity contribution < 1.29 is 19.8 Å². The van der Waals surface area contributed by atoms with E-state index in [2.05, 4.69) is 29.8 Å². The molecule has 1 aliphatic rings. The van der Waals surface area contributed by atoms with Crippen LogP contribution in [0.2, 0.25) is 0 Å². The molecule has 2 N–H and O–H groups in total. The summed E-state index contributed by atoms with van der Waals surface area (Å²) >= 11 is 3.44. The van der Waals surface area contributed by atoms with E-state index in [-0.39, 0.29) is 22.5 Å². The van der Waals surface area contributed by atoms with Gasteiger partial charge in [-0.3, -0.25) is 4.79 Å². The van der Waals surface area contributed by atoms with E-state index >= 15 is 0 Å². The van der Waals surface area contributed by atoms with Crippen LogP contribution >= 0.6 is 15.9 Å². The molecule has 6 heteroatoms. The summed E-state index contributed by atoms with van der Waals surface area (Å²) in [7, 11) is 0. The highest BCUT2D eigenvalue weighted by Gasteiger charge is 2.35. The van der Waals surface area contributed by atoms with Crippen LogP contribution in [0.5, 0.6) is 5.75 Å². The number of carbonyl (C=O) groups is 2. The van der Waals surface area contributed by atoms with Gasteiger partial charge < -0.3 is 14.8 Å². The fourth-order valence-corrected chi connectivity index (χ4v) is 4.24. The fraction of sp³-hybridized carbons (Fsp3) is 0.217. The summed E-state index contributed by atoms with van der Waals surface area (Å²) in [6.07, 6.45) is 1.16. The van der Waals surface area contributed by atoms with Crippen LogP contribution in [0.25, 0.3) is 16.9 Å².